The Hall–Kier alpha value is -1.39. The van der Waals surface area contributed by atoms with Gasteiger partial charge < -0.3 is 0 Å². The van der Waals surface area contributed by atoms with Crippen molar-refractivity contribution in [1.82, 2.24) is 9.55 Å². The smallest absolute Gasteiger partial charge is 0.114 e. The number of halogens is 1. The molecule has 0 N–H and O–H groups in total. The van der Waals surface area contributed by atoms with Gasteiger partial charge in [0.25, 0.3) is 0 Å². The molecule has 1 heterocycles. The number of benzene rings is 2. The Balaban J connectivity index is 2.12. The molecule has 3 aromatic rings. The van der Waals surface area contributed by atoms with Gasteiger partial charge in [0.05, 0.1) is 19.1 Å². The van der Waals surface area contributed by atoms with E-state index in [-0.39, 0.29) is 0 Å². The standard InChI is InChI=1S/C23H31BrN2Si/c1-7-22-25-20-16-19(27(5,6)23(2,3)4)12-13-21(20)26(22)18-10-8-17(9-11-18)14-15-24/h8-13,16H,7,14-15H2,1-6H3. The topological polar surface area (TPSA) is 17.8 Å². The summed E-state index contributed by atoms with van der Waals surface area (Å²) < 4.78 is 2.32. The molecular formula is C23H31BrN2Si. The maximum absolute atomic E-state index is 5.00. The van der Waals surface area contributed by atoms with Crippen LogP contribution in [0.2, 0.25) is 18.1 Å². The molecule has 2 nitrogen and oxygen atoms in total. The first-order chi connectivity index (χ1) is 12.7. The average Bonchev–Trinajstić information content (AvgIpc) is 2.99. The van der Waals surface area contributed by atoms with Crippen molar-refractivity contribution in [3.8, 4) is 5.69 Å². The van der Waals surface area contributed by atoms with E-state index >= 15 is 0 Å². The SMILES string of the molecule is CCc1nc2cc([Si](C)(C)C(C)(C)C)ccc2n1-c1ccc(CCBr)cc1. The Labute approximate surface area is 173 Å². The first-order valence-electron chi connectivity index (χ1n) is 9.86. The molecule has 0 radical (unpaired) electrons. The van der Waals surface area contributed by atoms with Crippen molar-refractivity contribution in [2.75, 3.05) is 5.33 Å². The van der Waals surface area contributed by atoms with Crippen molar-refractivity contribution in [2.45, 2.75) is 58.7 Å². The number of hydrogen-bond acceptors (Lipinski definition) is 1. The Kier molecular flexibility index (Phi) is 5.69. The summed E-state index contributed by atoms with van der Waals surface area (Å²) in [5.41, 5.74) is 4.90. The number of fused-ring (bicyclic) bond motifs is 1. The number of alkyl halides is 1. The minimum absolute atomic E-state index is 0.322. The molecule has 0 fully saturated rings. The molecule has 0 atom stereocenters. The fourth-order valence-electron chi connectivity index (χ4n) is 3.40. The molecule has 0 amide bonds. The molecule has 2 aromatic carbocycles. The maximum atomic E-state index is 5.00. The Bertz CT molecular complexity index is 933. The van der Waals surface area contributed by atoms with E-state index in [0.29, 0.717) is 5.04 Å². The van der Waals surface area contributed by atoms with Crippen molar-refractivity contribution in [3.05, 3.63) is 53.9 Å². The predicted octanol–water partition coefficient (Wildman–Crippen LogP) is 6.24. The summed E-state index contributed by atoms with van der Waals surface area (Å²) in [6.45, 7) is 14.2. The number of imidazole rings is 1. The van der Waals surface area contributed by atoms with Crippen molar-refractivity contribution >= 4 is 40.2 Å². The van der Waals surface area contributed by atoms with Crippen LogP contribution in [0.5, 0.6) is 0 Å². The molecule has 3 rings (SSSR count). The van der Waals surface area contributed by atoms with E-state index in [0.717, 1.165) is 29.5 Å². The molecule has 27 heavy (non-hydrogen) atoms. The lowest BCUT2D eigenvalue weighted by Crippen LogP contribution is -2.49. The van der Waals surface area contributed by atoms with Gasteiger partial charge in [-0.1, -0.05) is 80.1 Å². The molecule has 0 bridgehead atoms. The zero-order valence-corrected chi connectivity index (χ0v) is 20.0. The van der Waals surface area contributed by atoms with Gasteiger partial charge in [-0.05, 0) is 41.3 Å². The van der Waals surface area contributed by atoms with Crippen LogP contribution in [0.25, 0.3) is 16.7 Å². The summed E-state index contributed by atoms with van der Waals surface area (Å²) >= 11 is 3.52. The average molecular weight is 444 g/mol. The van der Waals surface area contributed by atoms with E-state index in [9.17, 15) is 0 Å². The second-order valence-corrected chi connectivity index (χ2v) is 15.0. The number of rotatable bonds is 5. The Morgan fingerprint density at radius 2 is 1.70 bits per heavy atom. The van der Waals surface area contributed by atoms with Gasteiger partial charge in [-0.3, -0.25) is 4.57 Å². The summed E-state index contributed by atoms with van der Waals surface area (Å²) in [7, 11) is -1.57. The number of nitrogens with zero attached hydrogens (tertiary/aromatic N) is 2. The third-order valence-electron chi connectivity index (χ3n) is 6.21. The van der Waals surface area contributed by atoms with E-state index in [2.05, 4.69) is 104 Å². The fourth-order valence-corrected chi connectivity index (χ4v) is 5.72. The third-order valence-corrected chi connectivity index (χ3v) is 12.1. The number of hydrogen-bond donors (Lipinski definition) is 0. The predicted molar refractivity (Wildman–Crippen MR) is 125 cm³/mol. The van der Waals surface area contributed by atoms with Crippen LogP contribution in [-0.2, 0) is 12.8 Å². The largest absolute Gasteiger partial charge is 0.296 e. The maximum Gasteiger partial charge on any atom is 0.114 e. The van der Waals surface area contributed by atoms with Gasteiger partial charge in [0.15, 0.2) is 0 Å². The molecular weight excluding hydrogens is 412 g/mol. The van der Waals surface area contributed by atoms with Gasteiger partial charge in [0.2, 0.25) is 0 Å². The molecule has 0 aliphatic carbocycles. The lowest BCUT2D eigenvalue weighted by Gasteiger charge is -2.37. The van der Waals surface area contributed by atoms with Gasteiger partial charge in [-0.25, -0.2) is 4.98 Å². The highest BCUT2D eigenvalue weighted by molar-refractivity contribution is 9.09. The van der Waals surface area contributed by atoms with E-state index in [1.807, 2.05) is 0 Å². The lowest BCUT2D eigenvalue weighted by atomic mass is 10.1. The van der Waals surface area contributed by atoms with E-state index in [1.54, 1.807) is 0 Å². The zero-order valence-electron chi connectivity index (χ0n) is 17.4. The number of aromatic nitrogens is 2. The highest BCUT2D eigenvalue weighted by Gasteiger charge is 2.37. The van der Waals surface area contributed by atoms with Gasteiger partial charge in [0.1, 0.15) is 5.82 Å². The quantitative estimate of drug-likeness (QED) is 0.337. The van der Waals surface area contributed by atoms with Crippen molar-refractivity contribution < 1.29 is 0 Å². The first kappa shape index (κ1) is 20.3. The highest BCUT2D eigenvalue weighted by atomic mass is 79.9. The molecule has 0 aliphatic heterocycles. The molecule has 0 saturated heterocycles. The minimum atomic E-state index is -1.57. The molecule has 0 spiro atoms. The van der Waals surface area contributed by atoms with Crippen LogP contribution < -0.4 is 5.19 Å². The molecule has 0 unspecified atom stereocenters. The summed E-state index contributed by atoms with van der Waals surface area (Å²) in [4.78, 5) is 5.00. The number of aryl methyl sites for hydroxylation is 2. The van der Waals surface area contributed by atoms with Gasteiger partial charge in [-0.2, -0.15) is 0 Å². The Morgan fingerprint density at radius 1 is 1.04 bits per heavy atom. The van der Waals surface area contributed by atoms with Crippen LogP contribution in [0.15, 0.2) is 42.5 Å². The Morgan fingerprint density at radius 3 is 2.26 bits per heavy atom. The van der Waals surface area contributed by atoms with Gasteiger partial charge in [-0.15, -0.1) is 0 Å². The third kappa shape index (κ3) is 3.79. The lowest BCUT2D eigenvalue weighted by molar-refractivity contribution is 0.729. The second kappa shape index (κ2) is 7.55. The first-order valence-corrected chi connectivity index (χ1v) is 14.0. The normalized spacial score (nSPS) is 12.7. The molecule has 1 aromatic heterocycles. The molecule has 0 aliphatic rings. The van der Waals surface area contributed by atoms with Crippen LogP contribution in [-0.4, -0.2) is 23.0 Å². The summed E-state index contributed by atoms with van der Waals surface area (Å²) in [5.74, 6) is 1.13. The van der Waals surface area contributed by atoms with Crippen LogP contribution >= 0.6 is 15.9 Å². The molecule has 4 heteroatoms. The monoisotopic (exact) mass is 442 g/mol. The highest BCUT2D eigenvalue weighted by Crippen LogP contribution is 2.36. The molecule has 144 valence electrons. The van der Waals surface area contributed by atoms with Crippen molar-refractivity contribution in [3.63, 3.8) is 0 Å². The van der Waals surface area contributed by atoms with Crippen LogP contribution in [0.1, 0.15) is 39.1 Å². The van der Waals surface area contributed by atoms with E-state index < -0.39 is 8.07 Å². The van der Waals surface area contributed by atoms with E-state index in [4.69, 9.17) is 4.98 Å². The van der Waals surface area contributed by atoms with Crippen molar-refractivity contribution in [2.24, 2.45) is 0 Å². The van der Waals surface area contributed by atoms with Crippen molar-refractivity contribution in [1.29, 1.82) is 0 Å². The minimum Gasteiger partial charge on any atom is -0.296 e. The van der Waals surface area contributed by atoms with Crippen LogP contribution in [0.4, 0.5) is 0 Å². The summed E-state index contributed by atoms with van der Waals surface area (Å²) in [6.07, 6.45) is 1.98. The zero-order chi connectivity index (χ0) is 19.8. The second-order valence-electron chi connectivity index (χ2n) is 8.90. The van der Waals surface area contributed by atoms with Gasteiger partial charge in [0, 0.05) is 17.4 Å². The summed E-state index contributed by atoms with van der Waals surface area (Å²) in [5, 5.41) is 2.81. The van der Waals surface area contributed by atoms with E-state index in [1.165, 1.54) is 22.0 Å². The van der Waals surface area contributed by atoms with Crippen LogP contribution in [0.3, 0.4) is 0 Å². The van der Waals surface area contributed by atoms with Crippen LogP contribution in [0, 0.1) is 0 Å². The fraction of sp³-hybridized carbons (Fsp3) is 0.435. The van der Waals surface area contributed by atoms with Gasteiger partial charge >= 0.3 is 0 Å². The summed E-state index contributed by atoms with van der Waals surface area (Å²) in [6, 6.07) is 15.9. The molecule has 0 saturated carbocycles.